The van der Waals surface area contributed by atoms with Crippen LogP contribution in [0.1, 0.15) is 70.9 Å². The van der Waals surface area contributed by atoms with Crippen molar-refractivity contribution in [3.63, 3.8) is 0 Å². The van der Waals surface area contributed by atoms with E-state index in [4.69, 9.17) is 9.47 Å². The fourth-order valence-corrected chi connectivity index (χ4v) is 2.92. The topological polar surface area (TPSA) is 47.6 Å². The molecule has 4 heteroatoms. The molecule has 0 aliphatic heterocycles. The molecule has 0 aromatic heterocycles. The highest BCUT2D eigenvalue weighted by Gasteiger charge is 2.33. The fourth-order valence-electron chi connectivity index (χ4n) is 2.92. The van der Waals surface area contributed by atoms with Crippen LogP contribution >= 0.6 is 0 Å². The van der Waals surface area contributed by atoms with E-state index in [1.165, 1.54) is 0 Å². The molecule has 25 heavy (non-hydrogen) atoms. The highest BCUT2D eigenvalue weighted by atomic mass is 16.5. The van der Waals surface area contributed by atoms with Gasteiger partial charge in [-0.3, -0.25) is 4.79 Å². The summed E-state index contributed by atoms with van der Waals surface area (Å²) in [6.07, 6.45) is 4.88. The summed E-state index contributed by atoms with van der Waals surface area (Å²) < 4.78 is 11.7. The molecule has 1 aromatic rings. The summed E-state index contributed by atoms with van der Waals surface area (Å²) in [6.45, 7) is 13.4. The van der Waals surface area contributed by atoms with E-state index in [-0.39, 0.29) is 5.91 Å². The normalized spacial score (nSPS) is 13.4. The van der Waals surface area contributed by atoms with Crippen molar-refractivity contribution in [2.75, 3.05) is 18.5 Å². The van der Waals surface area contributed by atoms with Crippen molar-refractivity contribution in [2.45, 2.75) is 79.2 Å². The summed E-state index contributed by atoms with van der Waals surface area (Å²) >= 11 is 0. The maximum absolute atomic E-state index is 12.8. The quantitative estimate of drug-likeness (QED) is 0.544. The van der Waals surface area contributed by atoms with E-state index in [9.17, 15) is 4.79 Å². The van der Waals surface area contributed by atoms with E-state index in [0.29, 0.717) is 6.61 Å². The lowest BCUT2D eigenvalue weighted by atomic mass is 9.97. The minimum Gasteiger partial charge on any atom is -0.493 e. The summed E-state index contributed by atoms with van der Waals surface area (Å²) in [7, 11) is 0. The van der Waals surface area contributed by atoms with Crippen LogP contribution < -0.4 is 10.1 Å². The van der Waals surface area contributed by atoms with Crippen molar-refractivity contribution in [3.05, 3.63) is 23.3 Å². The zero-order chi connectivity index (χ0) is 18.9. The average molecular weight is 350 g/mol. The first-order chi connectivity index (χ1) is 11.9. The molecular weight excluding hydrogens is 314 g/mol. The second kappa shape index (κ2) is 10.4. The van der Waals surface area contributed by atoms with Gasteiger partial charge in [0.05, 0.1) is 6.61 Å². The van der Waals surface area contributed by atoms with Crippen molar-refractivity contribution < 1.29 is 14.3 Å². The zero-order valence-corrected chi connectivity index (χ0v) is 16.8. The van der Waals surface area contributed by atoms with E-state index in [1.807, 2.05) is 39.8 Å². The molecule has 0 aliphatic rings. The third-order valence-corrected chi connectivity index (χ3v) is 4.41. The Morgan fingerprint density at radius 3 is 2.20 bits per heavy atom. The van der Waals surface area contributed by atoms with Crippen molar-refractivity contribution in [1.29, 1.82) is 0 Å². The minimum absolute atomic E-state index is 0.0822. The van der Waals surface area contributed by atoms with Gasteiger partial charge in [0.25, 0.3) is 5.91 Å². The molecule has 142 valence electrons. The third-order valence-electron chi connectivity index (χ3n) is 4.41. The second-order valence-corrected chi connectivity index (χ2v) is 6.86. The lowest BCUT2D eigenvalue weighted by Crippen LogP contribution is -2.42. The lowest BCUT2D eigenvalue weighted by molar-refractivity contribution is -0.139. The molecule has 0 saturated carbocycles. The van der Waals surface area contributed by atoms with Gasteiger partial charge in [-0.2, -0.15) is 0 Å². The van der Waals surface area contributed by atoms with Crippen LogP contribution in [-0.4, -0.2) is 24.7 Å². The number of benzene rings is 1. The number of aryl methyl sites for hydroxylation is 2. The molecule has 1 atom stereocenters. The molecule has 0 bridgehead atoms. The zero-order valence-electron chi connectivity index (χ0n) is 16.8. The summed E-state index contributed by atoms with van der Waals surface area (Å²) in [6, 6.07) is 3.94. The molecule has 0 fully saturated rings. The van der Waals surface area contributed by atoms with E-state index < -0.39 is 5.60 Å². The molecule has 0 aliphatic carbocycles. The van der Waals surface area contributed by atoms with Crippen molar-refractivity contribution in [2.24, 2.45) is 0 Å². The third kappa shape index (κ3) is 6.35. The van der Waals surface area contributed by atoms with E-state index in [0.717, 1.165) is 61.3 Å². The maximum Gasteiger partial charge on any atom is 0.256 e. The van der Waals surface area contributed by atoms with Crippen molar-refractivity contribution >= 4 is 11.6 Å². The van der Waals surface area contributed by atoms with Gasteiger partial charge in [0.2, 0.25) is 0 Å². The van der Waals surface area contributed by atoms with Gasteiger partial charge in [-0.1, -0.05) is 33.1 Å². The number of unbranched alkanes of at least 4 members (excludes halogenated alkanes) is 2. The predicted octanol–water partition coefficient (Wildman–Crippen LogP) is 5.41. The van der Waals surface area contributed by atoms with Gasteiger partial charge >= 0.3 is 0 Å². The lowest BCUT2D eigenvalue weighted by Gasteiger charge is -2.28. The molecule has 1 N–H and O–H groups in total. The molecule has 0 unspecified atom stereocenters. The SMILES string of the molecule is CCCCOc1c(C)cc(NC(=O)[C@@](C)(CCCC)OCC)cc1C. The first kappa shape index (κ1) is 21.5. The fraction of sp³-hybridized carbons (Fsp3) is 0.667. The van der Waals surface area contributed by atoms with Gasteiger partial charge in [0.1, 0.15) is 11.4 Å². The van der Waals surface area contributed by atoms with Gasteiger partial charge in [-0.05, 0) is 63.8 Å². The van der Waals surface area contributed by atoms with Crippen LogP contribution in [0.3, 0.4) is 0 Å². The maximum atomic E-state index is 12.8. The Morgan fingerprint density at radius 2 is 1.68 bits per heavy atom. The van der Waals surface area contributed by atoms with Crippen LogP contribution in [0.15, 0.2) is 12.1 Å². The van der Waals surface area contributed by atoms with Crippen molar-refractivity contribution in [1.82, 2.24) is 0 Å². The van der Waals surface area contributed by atoms with Crippen LogP contribution in [0.5, 0.6) is 5.75 Å². The average Bonchev–Trinajstić information content (AvgIpc) is 2.55. The summed E-state index contributed by atoms with van der Waals surface area (Å²) in [5.41, 5.74) is 2.09. The van der Waals surface area contributed by atoms with Gasteiger partial charge in [-0.15, -0.1) is 0 Å². The largest absolute Gasteiger partial charge is 0.493 e. The molecule has 1 rings (SSSR count). The summed E-state index contributed by atoms with van der Waals surface area (Å²) in [5, 5.41) is 3.03. The highest BCUT2D eigenvalue weighted by molar-refractivity contribution is 5.97. The minimum atomic E-state index is -0.789. The van der Waals surface area contributed by atoms with E-state index >= 15 is 0 Å². The van der Waals surface area contributed by atoms with E-state index in [2.05, 4.69) is 19.2 Å². The number of carbonyl (C=O) groups excluding carboxylic acids is 1. The Kier molecular flexibility index (Phi) is 8.98. The molecule has 0 spiro atoms. The molecule has 0 saturated heterocycles. The number of hydrogen-bond donors (Lipinski definition) is 1. The highest BCUT2D eigenvalue weighted by Crippen LogP contribution is 2.29. The van der Waals surface area contributed by atoms with Crippen molar-refractivity contribution in [3.8, 4) is 5.75 Å². The Bertz CT molecular complexity index is 533. The first-order valence-electron chi connectivity index (χ1n) is 9.57. The van der Waals surface area contributed by atoms with Crippen LogP contribution in [-0.2, 0) is 9.53 Å². The molecule has 4 nitrogen and oxygen atoms in total. The summed E-state index contributed by atoms with van der Waals surface area (Å²) in [4.78, 5) is 12.8. The number of nitrogens with one attached hydrogen (secondary N) is 1. The number of ether oxygens (including phenoxy) is 2. The molecule has 1 aromatic carbocycles. The van der Waals surface area contributed by atoms with Gasteiger partial charge < -0.3 is 14.8 Å². The second-order valence-electron chi connectivity index (χ2n) is 6.86. The molecular formula is C21H35NO3. The smallest absolute Gasteiger partial charge is 0.256 e. The van der Waals surface area contributed by atoms with E-state index in [1.54, 1.807) is 0 Å². The Hall–Kier alpha value is -1.55. The van der Waals surface area contributed by atoms with Gasteiger partial charge in [0.15, 0.2) is 0 Å². The number of rotatable bonds is 11. The Labute approximate surface area is 153 Å². The standard InChI is InChI=1S/C21H35NO3/c1-7-10-12-21(6,25-9-3)20(23)22-18-14-16(4)19(17(5)15-18)24-13-11-8-2/h14-15H,7-13H2,1-6H3,(H,22,23)/t21-/m1/s1. The van der Waals surface area contributed by atoms with Crippen LogP contribution in [0.25, 0.3) is 0 Å². The van der Waals surface area contributed by atoms with Crippen LogP contribution in [0, 0.1) is 13.8 Å². The Balaban J connectivity index is 2.88. The van der Waals surface area contributed by atoms with Crippen LogP contribution in [0.2, 0.25) is 0 Å². The number of amides is 1. The number of carbonyl (C=O) groups is 1. The number of hydrogen-bond acceptors (Lipinski definition) is 3. The first-order valence-corrected chi connectivity index (χ1v) is 9.57. The molecule has 0 heterocycles. The molecule has 0 radical (unpaired) electrons. The number of anilines is 1. The molecule has 1 amide bonds. The monoisotopic (exact) mass is 349 g/mol. The van der Waals surface area contributed by atoms with Gasteiger partial charge in [0, 0.05) is 12.3 Å². The predicted molar refractivity (Wildman–Crippen MR) is 105 cm³/mol. The van der Waals surface area contributed by atoms with Crippen LogP contribution in [0.4, 0.5) is 5.69 Å². The summed E-state index contributed by atoms with van der Waals surface area (Å²) in [5.74, 6) is 0.839. The Morgan fingerprint density at radius 1 is 1.08 bits per heavy atom. The van der Waals surface area contributed by atoms with Gasteiger partial charge in [-0.25, -0.2) is 0 Å².